The number of halogens is 2. The Balaban J connectivity index is 1.73. The van der Waals surface area contributed by atoms with Crippen molar-refractivity contribution in [2.75, 3.05) is 31.1 Å². The fourth-order valence-electron chi connectivity index (χ4n) is 3.82. The second-order valence-corrected chi connectivity index (χ2v) is 7.11. The maximum Gasteiger partial charge on any atom is 0.258 e. The molecule has 1 saturated heterocycles. The van der Waals surface area contributed by atoms with Crippen LogP contribution in [-0.2, 0) is 0 Å². The summed E-state index contributed by atoms with van der Waals surface area (Å²) in [5, 5.41) is 23.1. The van der Waals surface area contributed by atoms with Gasteiger partial charge in [-0.05, 0) is 24.3 Å². The number of piperazine rings is 1. The molecule has 0 radical (unpaired) electrons. The number of rotatable bonds is 1. The second kappa shape index (κ2) is 6.21. The van der Waals surface area contributed by atoms with Gasteiger partial charge in [-0.1, -0.05) is 17.7 Å². The lowest BCUT2D eigenvalue weighted by Gasteiger charge is -2.41. The molecule has 27 heavy (non-hydrogen) atoms. The Kier molecular flexibility index (Phi) is 3.80. The number of hydrogen-bond donors (Lipinski definition) is 2. The number of nitrogens with one attached hydrogen (secondary N) is 1. The summed E-state index contributed by atoms with van der Waals surface area (Å²) in [5.74, 6) is -0.237. The highest BCUT2D eigenvalue weighted by Crippen LogP contribution is 2.43. The summed E-state index contributed by atoms with van der Waals surface area (Å²) >= 11 is 6.50. The third-order valence-corrected chi connectivity index (χ3v) is 5.42. The molecule has 138 valence electrons. The van der Waals surface area contributed by atoms with Crippen LogP contribution in [0.4, 0.5) is 10.1 Å². The topological polar surface area (TPSA) is 70.5 Å². The molecule has 5 rings (SSSR count). The first kappa shape index (κ1) is 16.5. The van der Waals surface area contributed by atoms with E-state index in [9.17, 15) is 9.50 Å². The van der Waals surface area contributed by atoms with Crippen LogP contribution in [-0.4, -0.2) is 47.6 Å². The van der Waals surface area contributed by atoms with E-state index >= 15 is 0 Å². The van der Waals surface area contributed by atoms with Gasteiger partial charge in [-0.25, -0.2) is 4.39 Å². The predicted octanol–water partition coefficient (Wildman–Crippen LogP) is 2.97. The van der Waals surface area contributed by atoms with Gasteiger partial charge in [0.2, 0.25) is 0 Å². The molecule has 0 unspecified atom stereocenters. The molecule has 2 aliphatic rings. The molecule has 0 spiro atoms. The lowest BCUT2D eigenvalue weighted by atomic mass is 10.0. The normalized spacial score (nSPS) is 18.7. The highest BCUT2D eigenvalue weighted by atomic mass is 35.5. The van der Waals surface area contributed by atoms with Crippen LogP contribution in [0.2, 0.25) is 5.02 Å². The van der Waals surface area contributed by atoms with Crippen molar-refractivity contribution in [3.8, 4) is 22.8 Å². The number of benzene rings is 2. The van der Waals surface area contributed by atoms with Crippen molar-refractivity contribution in [2.45, 2.75) is 6.04 Å². The fourth-order valence-corrected chi connectivity index (χ4v) is 4.08. The smallest absolute Gasteiger partial charge is 0.258 e. The number of nitrogens with zero attached hydrogens (tertiary/aromatic N) is 3. The van der Waals surface area contributed by atoms with Gasteiger partial charge < -0.3 is 20.1 Å². The van der Waals surface area contributed by atoms with Crippen LogP contribution in [0.15, 0.2) is 30.3 Å². The zero-order chi connectivity index (χ0) is 18.5. The van der Waals surface area contributed by atoms with E-state index in [0.29, 0.717) is 28.6 Å². The standard InChI is InChI=1S/C19H16ClFN4O2/c20-13-6-12-15(7-11(13)17-14(21)2-1-3-16(17)26)23-24-19-18(12)25-5-4-22-8-10(25)9-27-19/h1-3,6-7,10,22,26H,4-5,8-9H2/t10-/m1/s1. The SMILES string of the molecule is Oc1cccc(F)c1-c1cc2nnc3c(c2cc1Cl)N1CCNC[C@@H]1CO3. The molecule has 2 aromatic carbocycles. The predicted molar refractivity (Wildman–Crippen MR) is 101 cm³/mol. The van der Waals surface area contributed by atoms with Gasteiger partial charge in [-0.2, -0.15) is 0 Å². The Morgan fingerprint density at radius 2 is 2.19 bits per heavy atom. The number of hydrogen-bond acceptors (Lipinski definition) is 6. The Bertz CT molecular complexity index is 1040. The Hall–Kier alpha value is -2.64. The van der Waals surface area contributed by atoms with Crippen LogP contribution in [0.1, 0.15) is 0 Å². The maximum absolute atomic E-state index is 14.3. The number of fused-ring (bicyclic) bond motifs is 5. The molecule has 3 heterocycles. The average molecular weight is 387 g/mol. The van der Waals surface area contributed by atoms with Gasteiger partial charge in [0.05, 0.1) is 17.1 Å². The molecule has 8 heteroatoms. The van der Waals surface area contributed by atoms with Gasteiger partial charge in [0.1, 0.15) is 23.9 Å². The molecule has 6 nitrogen and oxygen atoms in total. The van der Waals surface area contributed by atoms with Crippen LogP contribution < -0.4 is 15.0 Å². The van der Waals surface area contributed by atoms with E-state index in [1.807, 2.05) is 0 Å². The van der Waals surface area contributed by atoms with Crippen molar-refractivity contribution >= 4 is 28.2 Å². The largest absolute Gasteiger partial charge is 0.507 e. The molecule has 0 saturated carbocycles. The molecule has 1 atom stereocenters. The monoisotopic (exact) mass is 386 g/mol. The fraction of sp³-hybridized carbons (Fsp3) is 0.263. The van der Waals surface area contributed by atoms with Crippen LogP contribution >= 0.6 is 11.6 Å². The minimum absolute atomic E-state index is 0.0558. The molecular formula is C19H16ClFN4O2. The van der Waals surface area contributed by atoms with Crippen LogP contribution in [0.25, 0.3) is 22.0 Å². The van der Waals surface area contributed by atoms with Crippen molar-refractivity contribution in [2.24, 2.45) is 0 Å². The van der Waals surface area contributed by atoms with E-state index in [-0.39, 0.29) is 17.4 Å². The van der Waals surface area contributed by atoms with Gasteiger partial charge >= 0.3 is 0 Å². The van der Waals surface area contributed by atoms with Crippen molar-refractivity contribution in [1.82, 2.24) is 15.5 Å². The van der Waals surface area contributed by atoms with E-state index in [4.69, 9.17) is 16.3 Å². The molecular weight excluding hydrogens is 371 g/mol. The van der Waals surface area contributed by atoms with Crippen LogP contribution in [0.5, 0.6) is 11.6 Å². The highest BCUT2D eigenvalue weighted by Gasteiger charge is 2.33. The Morgan fingerprint density at radius 1 is 1.30 bits per heavy atom. The van der Waals surface area contributed by atoms with Gasteiger partial charge in [0.15, 0.2) is 0 Å². The maximum atomic E-state index is 14.3. The quantitative estimate of drug-likeness (QED) is 0.670. The van der Waals surface area contributed by atoms with E-state index in [1.165, 1.54) is 18.2 Å². The molecule has 3 aromatic rings. The zero-order valence-electron chi connectivity index (χ0n) is 14.2. The van der Waals surface area contributed by atoms with Gasteiger partial charge in [-0.3, -0.25) is 0 Å². The molecule has 0 bridgehead atoms. The summed E-state index contributed by atoms with van der Waals surface area (Å²) in [6, 6.07) is 7.78. The van der Waals surface area contributed by atoms with Crippen molar-refractivity contribution in [3.05, 3.63) is 41.2 Å². The summed E-state index contributed by atoms with van der Waals surface area (Å²) in [4.78, 5) is 2.27. The second-order valence-electron chi connectivity index (χ2n) is 6.70. The summed E-state index contributed by atoms with van der Waals surface area (Å²) in [6.45, 7) is 3.08. The lowest BCUT2D eigenvalue weighted by molar-refractivity contribution is 0.237. The summed E-state index contributed by atoms with van der Waals surface area (Å²) < 4.78 is 20.1. The van der Waals surface area contributed by atoms with E-state index in [2.05, 4.69) is 20.4 Å². The number of phenols is 1. The first-order valence-electron chi connectivity index (χ1n) is 8.71. The molecule has 2 aliphatic heterocycles. The minimum Gasteiger partial charge on any atom is -0.507 e. The molecule has 0 amide bonds. The number of anilines is 1. The molecule has 1 fully saturated rings. The number of aromatic hydroxyl groups is 1. The van der Waals surface area contributed by atoms with Crippen LogP contribution in [0, 0.1) is 5.82 Å². The third-order valence-electron chi connectivity index (χ3n) is 5.10. The van der Waals surface area contributed by atoms with Crippen molar-refractivity contribution in [1.29, 1.82) is 0 Å². The summed E-state index contributed by atoms with van der Waals surface area (Å²) in [7, 11) is 0. The van der Waals surface area contributed by atoms with Crippen molar-refractivity contribution < 1.29 is 14.2 Å². The Labute approximate surface area is 159 Å². The van der Waals surface area contributed by atoms with Crippen molar-refractivity contribution in [3.63, 3.8) is 0 Å². The molecule has 2 N–H and O–H groups in total. The number of phenolic OH excluding ortho intramolecular Hbond substituents is 1. The highest BCUT2D eigenvalue weighted by molar-refractivity contribution is 6.34. The summed E-state index contributed by atoms with van der Waals surface area (Å²) in [5.41, 5.74) is 1.87. The summed E-state index contributed by atoms with van der Waals surface area (Å²) in [6.07, 6.45) is 0. The number of aromatic nitrogens is 2. The molecule has 1 aromatic heterocycles. The van der Waals surface area contributed by atoms with E-state index in [0.717, 1.165) is 30.7 Å². The minimum atomic E-state index is -0.548. The lowest BCUT2D eigenvalue weighted by Crippen LogP contribution is -2.56. The first-order valence-corrected chi connectivity index (χ1v) is 9.09. The van der Waals surface area contributed by atoms with Gasteiger partial charge in [0.25, 0.3) is 5.88 Å². The third kappa shape index (κ3) is 2.57. The van der Waals surface area contributed by atoms with Crippen LogP contribution in [0.3, 0.4) is 0 Å². The average Bonchev–Trinajstić information content (AvgIpc) is 2.67. The van der Waals surface area contributed by atoms with E-state index < -0.39 is 5.82 Å². The Morgan fingerprint density at radius 3 is 3.04 bits per heavy atom. The first-order chi connectivity index (χ1) is 13.1. The zero-order valence-corrected chi connectivity index (χ0v) is 15.0. The van der Waals surface area contributed by atoms with Gasteiger partial charge in [0, 0.05) is 35.6 Å². The number of ether oxygens (including phenoxy) is 1. The van der Waals surface area contributed by atoms with Gasteiger partial charge in [-0.15, -0.1) is 10.2 Å². The van der Waals surface area contributed by atoms with E-state index in [1.54, 1.807) is 12.1 Å². The molecule has 0 aliphatic carbocycles.